The molecule has 2 rings (SSSR count). The van der Waals surface area contributed by atoms with Gasteiger partial charge in [0.1, 0.15) is 22.1 Å². The minimum absolute atomic E-state index is 0.123. The molecule has 0 spiro atoms. The third kappa shape index (κ3) is 5.62. The van der Waals surface area contributed by atoms with E-state index >= 15 is 0 Å². The summed E-state index contributed by atoms with van der Waals surface area (Å²) >= 11 is 0. The normalized spacial score (nSPS) is 19.0. The first-order chi connectivity index (χ1) is 12.4. The highest BCUT2D eigenvalue weighted by Crippen LogP contribution is 2.26. The Morgan fingerprint density at radius 1 is 1.33 bits per heavy atom. The predicted octanol–water partition coefficient (Wildman–Crippen LogP) is 3.23. The van der Waals surface area contributed by atoms with Gasteiger partial charge in [-0.05, 0) is 57.7 Å². The topological polar surface area (TPSA) is 66.9 Å². The lowest BCUT2D eigenvalue weighted by molar-refractivity contribution is 0.0258. The number of ether oxygens (including phenoxy) is 1. The summed E-state index contributed by atoms with van der Waals surface area (Å²) in [7, 11) is -2.56. The quantitative estimate of drug-likeness (QED) is 0.773. The van der Waals surface area contributed by atoms with Gasteiger partial charge in [0.15, 0.2) is 0 Å². The molecule has 1 aliphatic heterocycles. The Bertz CT molecular complexity index is 793. The van der Waals surface area contributed by atoms with Gasteiger partial charge >= 0.3 is 6.09 Å². The number of piperidine rings is 1. The molecule has 1 amide bonds. The number of carbonyl (C=O) groups is 1. The summed E-state index contributed by atoms with van der Waals surface area (Å²) < 4.78 is 59.3. The highest BCUT2D eigenvalue weighted by molar-refractivity contribution is 7.89. The van der Waals surface area contributed by atoms with Crippen LogP contribution in [0.15, 0.2) is 23.1 Å². The molecule has 27 heavy (non-hydrogen) atoms. The second-order valence-electron chi connectivity index (χ2n) is 7.81. The predicted molar refractivity (Wildman–Crippen MR) is 96.7 cm³/mol. The van der Waals surface area contributed by atoms with Crippen molar-refractivity contribution in [2.75, 3.05) is 26.7 Å². The van der Waals surface area contributed by atoms with Crippen molar-refractivity contribution in [2.24, 2.45) is 5.92 Å². The van der Waals surface area contributed by atoms with Crippen molar-refractivity contribution in [3.63, 3.8) is 0 Å². The molecule has 0 saturated carbocycles. The lowest BCUT2D eigenvalue weighted by Gasteiger charge is -2.34. The van der Waals surface area contributed by atoms with Crippen molar-refractivity contribution in [3.05, 3.63) is 29.8 Å². The summed E-state index contributed by atoms with van der Waals surface area (Å²) in [5.41, 5.74) is -0.623. The molecule has 0 aromatic heterocycles. The Morgan fingerprint density at radius 3 is 2.63 bits per heavy atom. The van der Waals surface area contributed by atoms with Gasteiger partial charge in [0, 0.05) is 26.7 Å². The first-order valence-corrected chi connectivity index (χ1v) is 10.2. The molecular formula is C18H26F2N2O4S. The van der Waals surface area contributed by atoms with Gasteiger partial charge in [0.25, 0.3) is 0 Å². The Balaban J connectivity index is 2.09. The van der Waals surface area contributed by atoms with Crippen molar-refractivity contribution in [2.45, 2.75) is 44.1 Å². The molecule has 6 nitrogen and oxygen atoms in total. The fraction of sp³-hybridized carbons (Fsp3) is 0.611. The van der Waals surface area contributed by atoms with Gasteiger partial charge < -0.3 is 9.64 Å². The van der Waals surface area contributed by atoms with Crippen molar-refractivity contribution in [3.8, 4) is 0 Å². The maximum atomic E-state index is 13.9. The van der Waals surface area contributed by atoms with Crippen molar-refractivity contribution >= 4 is 16.1 Å². The number of halogens is 2. The van der Waals surface area contributed by atoms with Gasteiger partial charge in [0.2, 0.25) is 10.0 Å². The molecule has 1 heterocycles. The van der Waals surface area contributed by atoms with Crippen LogP contribution in [-0.2, 0) is 14.8 Å². The molecule has 152 valence electrons. The van der Waals surface area contributed by atoms with Gasteiger partial charge in [-0.25, -0.2) is 22.0 Å². The van der Waals surface area contributed by atoms with E-state index in [-0.39, 0.29) is 19.0 Å². The summed E-state index contributed by atoms with van der Waals surface area (Å²) in [6.45, 7) is 5.96. The van der Waals surface area contributed by atoms with E-state index in [2.05, 4.69) is 0 Å². The first kappa shape index (κ1) is 21.6. The smallest absolute Gasteiger partial charge is 0.410 e. The van der Waals surface area contributed by atoms with Crippen LogP contribution in [0.5, 0.6) is 0 Å². The van der Waals surface area contributed by atoms with Crippen LogP contribution in [0.3, 0.4) is 0 Å². The monoisotopic (exact) mass is 404 g/mol. The summed E-state index contributed by atoms with van der Waals surface area (Å²) in [6.07, 6.45) is 0.812. The fourth-order valence-electron chi connectivity index (χ4n) is 3.01. The average molecular weight is 404 g/mol. The van der Waals surface area contributed by atoms with Crippen LogP contribution in [0, 0.1) is 17.6 Å². The van der Waals surface area contributed by atoms with E-state index < -0.39 is 38.2 Å². The lowest BCUT2D eigenvalue weighted by Crippen LogP contribution is -2.45. The van der Waals surface area contributed by atoms with Crippen LogP contribution in [0.4, 0.5) is 13.6 Å². The fourth-order valence-corrected chi connectivity index (χ4v) is 4.64. The number of rotatable bonds is 4. The number of hydrogen-bond acceptors (Lipinski definition) is 4. The minimum Gasteiger partial charge on any atom is -0.444 e. The number of amides is 1. The molecular weight excluding hydrogens is 378 g/mol. The zero-order valence-corrected chi connectivity index (χ0v) is 16.9. The van der Waals surface area contributed by atoms with Crippen LogP contribution in [0.25, 0.3) is 0 Å². The third-order valence-corrected chi connectivity index (χ3v) is 6.11. The van der Waals surface area contributed by atoms with E-state index in [1.807, 2.05) is 0 Å². The van der Waals surface area contributed by atoms with E-state index in [0.29, 0.717) is 19.0 Å². The van der Waals surface area contributed by atoms with Crippen molar-refractivity contribution < 1.29 is 26.7 Å². The average Bonchev–Trinajstić information content (AvgIpc) is 2.55. The van der Waals surface area contributed by atoms with Gasteiger partial charge in [-0.15, -0.1) is 0 Å². The second-order valence-corrected chi connectivity index (χ2v) is 9.71. The van der Waals surface area contributed by atoms with Crippen LogP contribution in [-0.4, -0.2) is 56.0 Å². The first-order valence-electron chi connectivity index (χ1n) is 8.79. The molecule has 1 aliphatic rings. The molecule has 0 aliphatic carbocycles. The largest absolute Gasteiger partial charge is 0.444 e. The van der Waals surface area contributed by atoms with Crippen molar-refractivity contribution in [1.82, 2.24) is 9.21 Å². The van der Waals surface area contributed by atoms with E-state index in [4.69, 9.17) is 4.74 Å². The van der Waals surface area contributed by atoms with Crippen LogP contribution in [0.1, 0.15) is 33.6 Å². The van der Waals surface area contributed by atoms with Gasteiger partial charge in [0.05, 0.1) is 0 Å². The molecule has 1 atom stereocenters. The van der Waals surface area contributed by atoms with Gasteiger partial charge in [-0.2, -0.15) is 4.31 Å². The zero-order chi connectivity index (χ0) is 20.4. The third-order valence-electron chi connectivity index (χ3n) is 4.23. The SMILES string of the molecule is CN(CC1CCCN(S(=O)(=O)c2cc(F)ccc2F)C1)C(=O)OC(C)(C)C. The molecule has 0 bridgehead atoms. The Labute approximate surface area is 159 Å². The molecule has 0 N–H and O–H groups in total. The zero-order valence-electron chi connectivity index (χ0n) is 16.0. The summed E-state index contributed by atoms with van der Waals surface area (Å²) in [4.78, 5) is 12.8. The van der Waals surface area contributed by atoms with Crippen LogP contribution < -0.4 is 0 Å². The van der Waals surface area contributed by atoms with Crippen LogP contribution >= 0.6 is 0 Å². The van der Waals surface area contributed by atoms with E-state index in [1.54, 1.807) is 27.8 Å². The minimum atomic E-state index is -4.15. The number of sulfonamides is 1. The van der Waals surface area contributed by atoms with Gasteiger partial charge in [-0.3, -0.25) is 0 Å². The number of nitrogens with zero attached hydrogens (tertiary/aromatic N) is 2. The Hall–Kier alpha value is -1.74. The Kier molecular flexibility index (Phi) is 6.47. The molecule has 1 saturated heterocycles. The molecule has 1 aromatic carbocycles. The van der Waals surface area contributed by atoms with E-state index in [1.165, 1.54) is 4.90 Å². The van der Waals surface area contributed by atoms with Gasteiger partial charge in [-0.1, -0.05) is 0 Å². The number of hydrogen-bond donors (Lipinski definition) is 0. The number of carbonyl (C=O) groups excluding carboxylic acids is 1. The second kappa shape index (κ2) is 8.10. The molecule has 0 radical (unpaired) electrons. The maximum absolute atomic E-state index is 13.9. The summed E-state index contributed by atoms with van der Waals surface area (Å²) in [6, 6.07) is 2.38. The Morgan fingerprint density at radius 2 is 2.00 bits per heavy atom. The maximum Gasteiger partial charge on any atom is 0.410 e. The standard InChI is InChI=1S/C18H26F2N2O4S/c1-18(2,3)26-17(23)21(4)11-13-6-5-9-22(12-13)27(24,25)16-10-14(19)7-8-15(16)20/h7-8,10,13H,5-6,9,11-12H2,1-4H3. The molecule has 1 fully saturated rings. The lowest BCUT2D eigenvalue weighted by atomic mass is 9.99. The van der Waals surface area contributed by atoms with Crippen molar-refractivity contribution in [1.29, 1.82) is 0 Å². The summed E-state index contributed by atoms with van der Waals surface area (Å²) in [5, 5.41) is 0. The highest BCUT2D eigenvalue weighted by atomic mass is 32.2. The molecule has 9 heteroatoms. The molecule has 1 unspecified atom stereocenters. The molecule has 1 aromatic rings. The van der Waals surface area contributed by atoms with E-state index in [9.17, 15) is 22.0 Å². The highest BCUT2D eigenvalue weighted by Gasteiger charge is 2.33. The summed E-state index contributed by atoms with van der Waals surface area (Å²) in [5.74, 6) is -1.92. The number of benzene rings is 1. The van der Waals surface area contributed by atoms with Crippen LogP contribution in [0.2, 0.25) is 0 Å². The van der Waals surface area contributed by atoms with E-state index in [0.717, 1.165) is 22.9 Å².